The van der Waals surface area contributed by atoms with Gasteiger partial charge in [-0.1, -0.05) is 0 Å². The van der Waals surface area contributed by atoms with Crippen LogP contribution in [0.2, 0.25) is 0 Å². The summed E-state index contributed by atoms with van der Waals surface area (Å²) in [6, 6.07) is 3.37. The Kier molecular flexibility index (Phi) is 6.13. The van der Waals surface area contributed by atoms with Crippen molar-refractivity contribution in [1.29, 1.82) is 0 Å². The molecular formula is C11H18N2O4. The Labute approximate surface area is 101 Å². The second-order valence-corrected chi connectivity index (χ2v) is 3.20. The van der Waals surface area contributed by atoms with Crippen LogP contribution < -0.4 is 15.2 Å². The van der Waals surface area contributed by atoms with Crippen molar-refractivity contribution in [3.8, 4) is 11.8 Å². The Hall–Kier alpha value is -1.53. The molecule has 1 rings (SSSR count). The average Bonchev–Trinajstić information content (AvgIpc) is 2.35. The molecule has 0 atom stereocenters. The normalized spacial score (nSPS) is 10.2. The van der Waals surface area contributed by atoms with E-state index in [0.29, 0.717) is 43.9 Å². The molecule has 2 N–H and O–H groups in total. The molecule has 96 valence electrons. The molecule has 0 amide bonds. The van der Waals surface area contributed by atoms with Crippen molar-refractivity contribution < 1.29 is 18.9 Å². The highest BCUT2D eigenvalue weighted by Crippen LogP contribution is 2.21. The topological polar surface area (TPSA) is 75.8 Å². The fourth-order valence-corrected chi connectivity index (χ4v) is 1.13. The van der Waals surface area contributed by atoms with E-state index >= 15 is 0 Å². The summed E-state index contributed by atoms with van der Waals surface area (Å²) in [6.45, 7) is 2.04. The van der Waals surface area contributed by atoms with Crippen molar-refractivity contribution in [2.75, 3.05) is 46.4 Å². The number of nitrogens with two attached hydrogens (primary N) is 1. The predicted octanol–water partition coefficient (Wildman–Crippen LogP) is 0.714. The van der Waals surface area contributed by atoms with Gasteiger partial charge < -0.3 is 24.7 Å². The Bertz CT molecular complexity index is 333. The molecule has 1 aromatic heterocycles. The van der Waals surface area contributed by atoms with Crippen molar-refractivity contribution in [3.05, 3.63) is 12.1 Å². The first kappa shape index (κ1) is 13.5. The van der Waals surface area contributed by atoms with Gasteiger partial charge in [0.1, 0.15) is 6.61 Å². The van der Waals surface area contributed by atoms with Gasteiger partial charge in [-0.15, -0.1) is 0 Å². The van der Waals surface area contributed by atoms with Crippen molar-refractivity contribution in [2.24, 2.45) is 0 Å². The van der Waals surface area contributed by atoms with Gasteiger partial charge in [0.05, 0.1) is 32.6 Å². The zero-order valence-electron chi connectivity index (χ0n) is 10.1. The SMILES string of the molecule is COCCOCCOc1ccc(N)c(OC)n1. The van der Waals surface area contributed by atoms with Gasteiger partial charge in [-0.3, -0.25) is 0 Å². The van der Waals surface area contributed by atoms with Gasteiger partial charge >= 0.3 is 0 Å². The third kappa shape index (κ3) is 4.88. The second-order valence-electron chi connectivity index (χ2n) is 3.20. The number of nitrogen functional groups attached to an aromatic ring is 1. The highest BCUT2D eigenvalue weighted by Gasteiger charge is 2.03. The summed E-state index contributed by atoms with van der Waals surface area (Å²) in [6.07, 6.45) is 0. The number of pyridine rings is 1. The van der Waals surface area contributed by atoms with Gasteiger partial charge in [0.15, 0.2) is 0 Å². The molecule has 0 radical (unpaired) electrons. The molecule has 0 bridgehead atoms. The largest absolute Gasteiger partial charge is 0.479 e. The Balaban J connectivity index is 2.27. The number of ether oxygens (including phenoxy) is 4. The van der Waals surface area contributed by atoms with E-state index in [1.807, 2.05) is 0 Å². The number of nitrogens with zero attached hydrogens (tertiary/aromatic N) is 1. The summed E-state index contributed by atoms with van der Waals surface area (Å²) in [7, 11) is 3.14. The minimum absolute atomic E-state index is 0.364. The maximum atomic E-state index is 5.63. The maximum Gasteiger partial charge on any atom is 0.240 e. The van der Waals surface area contributed by atoms with Gasteiger partial charge in [-0.25, -0.2) is 0 Å². The zero-order chi connectivity index (χ0) is 12.5. The standard InChI is InChI=1S/C11H18N2O4/c1-14-5-6-16-7-8-17-10-4-3-9(12)11(13-10)15-2/h3-4H,5-8,12H2,1-2H3. The van der Waals surface area contributed by atoms with Crippen LogP contribution in [-0.2, 0) is 9.47 Å². The summed E-state index contributed by atoms with van der Waals surface area (Å²) < 4.78 is 20.4. The fourth-order valence-electron chi connectivity index (χ4n) is 1.13. The van der Waals surface area contributed by atoms with Crippen LogP contribution in [-0.4, -0.2) is 45.6 Å². The quantitative estimate of drug-likeness (QED) is 0.677. The van der Waals surface area contributed by atoms with Crippen LogP contribution in [0.1, 0.15) is 0 Å². The maximum absolute atomic E-state index is 5.63. The van der Waals surface area contributed by atoms with E-state index in [1.165, 1.54) is 7.11 Å². The summed E-state index contributed by atoms with van der Waals surface area (Å²) in [5, 5.41) is 0. The molecule has 17 heavy (non-hydrogen) atoms. The van der Waals surface area contributed by atoms with E-state index < -0.39 is 0 Å². The Morgan fingerprint density at radius 1 is 1.12 bits per heavy atom. The summed E-state index contributed by atoms with van der Waals surface area (Å²) >= 11 is 0. The summed E-state index contributed by atoms with van der Waals surface area (Å²) in [5.74, 6) is 0.828. The van der Waals surface area contributed by atoms with E-state index in [4.69, 9.17) is 24.7 Å². The van der Waals surface area contributed by atoms with Crippen molar-refractivity contribution in [1.82, 2.24) is 4.98 Å². The van der Waals surface area contributed by atoms with E-state index in [-0.39, 0.29) is 0 Å². The average molecular weight is 242 g/mol. The van der Waals surface area contributed by atoms with Gasteiger partial charge in [0.25, 0.3) is 0 Å². The van der Waals surface area contributed by atoms with Crippen LogP contribution in [0.3, 0.4) is 0 Å². The predicted molar refractivity (Wildman–Crippen MR) is 63.4 cm³/mol. The highest BCUT2D eigenvalue weighted by atomic mass is 16.5. The second kappa shape index (κ2) is 7.70. The van der Waals surface area contributed by atoms with Gasteiger partial charge in [0, 0.05) is 13.2 Å². The molecule has 0 fully saturated rings. The van der Waals surface area contributed by atoms with Crippen LogP contribution in [0.15, 0.2) is 12.1 Å². The first-order valence-electron chi connectivity index (χ1n) is 5.28. The lowest BCUT2D eigenvalue weighted by Crippen LogP contribution is -2.10. The third-order valence-electron chi connectivity index (χ3n) is 1.97. The van der Waals surface area contributed by atoms with Gasteiger partial charge in [0.2, 0.25) is 11.8 Å². The zero-order valence-corrected chi connectivity index (χ0v) is 10.1. The van der Waals surface area contributed by atoms with Crippen LogP contribution in [0.5, 0.6) is 11.8 Å². The van der Waals surface area contributed by atoms with E-state index in [2.05, 4.69) is 4.98 Å². The lowest BCUT2D eigenvalue weighted by Gasteiger charge is -2.08. The molecule has 0 spiro atoms. The van der Waals surface area contributed by atoms with Crippen molar-refractivity contribution in [3.63, 3.8) is 0 Å². The molecule has 1 aromatic rings. The first-order chi connectivity index (χ1) is 8.27. The molecule has 6 heteroatoms. The van der Waals surface area contributed by atoms with E-state index in [9.17, 15) is 0 Å². The molecule has 0 aromatic carbocycles. The minimum atomic E-state index is 0.364. The molecule has 0 unspecified atom stereocenters. The summed E-state index contributed by atoms with van der Waals surface area (Å²) in [4.78, 5) is 4.08. The monoisotopic (exact) mass is 242 g/mol. The minimum Gasteiger partial charge on any atom is -0.479 e. The number of hydrogen-bond acceptors (Lipinski definition) is 6. The van der Waals surface area contributed by atoms with E-state index in [1.54, 1.807) is 19.2 Å². The highest BCUT2D eigenvalue weighted by molar-refractivity contribution is 5.49. The molecule has 1 heterocycles. The number of methoxy groups -OCH3 is 2. The number of hydrogen-bond donors (Lipinski definition) is 1. The lowest BCUT2D eigenvalue weighted by molar-refractivity contribution is 0.0536. The first-order valence-corrected chi connectivity index (χ1v) is 5.28. The van der Waals surface area contributed by atoms with E-state index in [0.717, 1.165) is 0 Å². The van der Waals surface area contributed by atoms with Crippen LogP contribution in [0, 0.1) is 0 Å². The number of rotatable bonds is 8. The Morgan fingerprint density at radius 3 is 2.59 bits per heavy atom. The molecule has 0 aliphatic heterocycles. The van der Waals surface area contributed by atoms with Crippen LogP contribution in [0.25, 0.3) is 0 Å². The van der Waals surface area contributed by atoms with Crippen molar-refractivity contribution >= 4 is 5.69 Å². The summed E-state index contributed by atoms with van der Waals surface area (Å²) in [5.41, 5.74) is 6.11. The third-order valence-corrected chi connectivity index (χ3v) is 1.97. The van der Waals surface area contributed by atoms with Crippen molar-refractivity contribution in [2.45, 2.75) is 0 Å². The molecular weight excluding hydrogens is 224 g/mol. The van der Waals surface area contributed by atoms with Crippen LogP contribution in [0.4, 0.5) is 5.69 Å². The Morgan fingerprint density at radius 2 is 1.88 bits per heavy atom. The molecule has 6 nitrogen and oxygen atoms in total. The lowest BCUT2D eigenvalue weighted by atomic mass is 10.4. The van der Waals surface area contributed by atoms with Gasteiger partial charge in [-0.05, 0) is 6.07 Å². The molecule has 0 saturated heterocycles. The molecule has 0 aliphatic carbocycles. The number of aromatic nitrogens is 1. The van der Waals surface area contributed by atoms with Gasteiger partial charge in [-0.2, -0.15) is 4.98 Å². The van der Waals surface area contributed by atoms with Crippen LogP contribution >= 0.6 is 0 Å². The number of anilines is 1. The molecule has 0 aliphatic rings. The smallest absolute Gasteiger partial charge is 0.240 e. The molecule has 0 saturated carbocycles. The fraction of sp³-hybridized carbons (Fsp3) is 0.545.